The van der Waals surface area contributed by atoms with E-state index in [1.807, 2.05) is 37.3 Å². The Balaban J connectivity index is 1.79. The van der Waals surface area contributed by atoms with Crippen LogP contribution in [0.15, 0.2) is 59.7 Å². The zero-order valence-electron chi connectivity index (χ0n) is 15.2. The van der Waals surface area contributed by atoms with Gasteiger partial charge in [-0.2, -0.15) is 5.10 Å². The molecule has 0 bridgehead atoms. The summed E-state index contributed by atoms with van der Waals surface area (Å²) in [7, 11) is 0. The smallest absolute Gasteiger partial charge is 0.261 e. The molecule has 0 fully saturated rings. The molecule has 8 nitrogen and oxygen atoms in total. The molecule has 0 atom stereocenters. The molecule has 0 aliphatic rings. The van der Waals surface area contributed by atoms with Gasteiger partial charge < -0.3 is 5.73 Å². The van der Waals surface area contributed by atoms with Crippen molar-refractivity contribution in [3.63, 3.8) is 0 Å². The largest absolute Gasteiger partial charge is 0.369 e. The molecule has 28 heavy (non-hydrogen) atoms. The third kappa shape index (κ3) is 3.39. The minimum atomic E-state index is -0.517. The highest BCUT2D eigenvalue weighted by Gasteiger charge is 2.15. The van der Waals surface area contributed by atoms with Gasteiger partial charge in [0.1, 0.15) is 0 Å². The number of amides is 1. The van der Waals surface area contributed by atoms with Gasteiger partial charge in [0, 0.05) is 0 Å². The molecule has 2 aromatic carbocycles. The number of carbonyl (C=O) groups is 1. The molecule has 8 heteroatoms. The average molecular weight is 374 g/mol. The maximum absolute atomic E-state index is 12.8. The van der Waals surface area contributed by atoms with E-state index in [2.05, 4.69) is 15.1 Å². The second-order valence-electron chi connectivity index (χ2n) is 6.53. The number of fused-ring (bicyclic) bond motifs is 1. The SMILES string of the molecule is Cc1ccc(-n2nc(CC(N)=O)nc2Cn2cnc3ccccc3c2=O)cc1. The van der Waals surface area contributed by atoms with Gasteiger partial charge in [-0.05, 0) is 31.2 Å². The van der Waals surface area contributed by atoms with E-state index in [9.17, 15) is 9.59 Å². The standard InChI is InChI=1S/C20H18N6O2/c1-13-6-8-14(9-7-13)26-19(23-18(24-26)10-17(21)27)11-25-12-22-16-5-3-2-4-15(16)20(25)28/h2-9,12H,10-11H2,1H3,(H2,21,27). The minimum absolute atomic E-state index is 0.0727. The van der Waals surface area contributed by atoms with Crippen LogP contribution in [0.4, 0.5) is 0 Å². The lowest BCUT2D eigenvalue weighted by atomic mass is 10.2. The molecule has 4 aromatic rings. The Morgan fingerprint density at radius 3 is 2.61 bits per heavy atom. The third-order valence-electron chi connectivity index (χ3n) is 4.37. The summed E-state index contributed by atoms with van der Waals surface area (Å²) in [6, 6.07) is 14.9. The highest BCUT2D eigenvalue weighted by atomic mass is 16.1. The first-order chi connectivity index (χ1) is 13.5. The summed E-state index contributed by atoms with van der Waals surface area (Å²) in [6.07, 6.45) is 1.42. The molecule has 0 saturated heterocycles. The van der Waals surface area contributed by atoms with E-state index >= 15 is 0 Å². The van der Waals surface area contributed by atoms with Crippen molar-refractivity contribution in [2.24, 2.45) is 5.73 Å². The number of hydrogen-bond donors (Lipinski definition) is 1. The van der Waals surface area contributed by atoms with Gasteiger partial charge in [-0.1, -0.05) is 29.8 Å². The van der Waals surface area contributed by atoms with E-state index in [0.29, 0.717) is 22.6 Å². The van der Waals surface area contributed by atoms with Crippen molar-refractivity contribution in [3.8, 4) is 5.69 Å². The van der Waals surface area contributed by atoms with Crippen molar-refractivity contribution in [1.82, 2.24) is 24.3 Å². The number of rotatable bonds is 5. The molecule has 0 aliphatic heterocycles. The van der Waals surface area contributed by atoms with E-state index in [4.69, 9.17) is 5.73 Å². The fourth-order valence-corrected chi connectivity index (χ4v) is 2.99. The van der Waals surface area contributed by atoms with Crippen LogP contribution in [0.3, 0.4) is 0 Å². The Morgan fingerprint density at radius 1 is 1.11 bits per heavy atom. The summed E-state index contributed by atoms with van der Waals surface area (Å²) >= 11 is 0. The predicted molar refractivity (Wildman–Crippen MR) is 104 cm³/mol. The number of nitrogens with two attached hydrogens (primary N) is 1. The Bertz CT molecular complexity index is 1220. The van der Waals surface area contributed by atoms with Crippen molar-refractivity contribution in [1.29, 1.82) is 0 Å². The maximum Gasteiger partial charge on any atom is 0.261 e. The summed E-state index contributed by atoms with van der Waals surface area (Å²) in [6.45, 7) is 2.15. The lowest BCUT2D eigenvalue weighted by molar-refractivity contribution is -0.117. The Morgan fingerprint density at radius 2 is 1.86 bits per heavy atom. The van der Waals surface area contributed by atoms with Gasteiger partial charge in [0.25, 0.3) is 5.56 Å². The quantitative estimate of drug-likeness (QED) is 0.567. The molecule has 0 radical (unpaired) electrons. The molecule has 0 unspecified atom stereocenters. The maximum atomic E-state index is 12.8. The average Bonchev–Trinajstić information content (AvgIpc) is 3.06. The zero-order chi connectivity index (χ0) is 19.7. The van der Waals surface area contributed by atoms with Gasteiger partial charge >= 0.3 is 0 Å². The van der Waals surface area contributed by atoms with E-state index in [1.165, 1.54) is 10.9 Å². The van der Waals surface area contributed by atoms with Crippen LogP contribution in [0.25, 0.3) is 16.6 Å². The number of primary amides is 1. The van der Waals surface area contributed by atoms with Crippen molar-refractivity contribution in [2.75, 3.05) is 0 Å². The van der Waals surface area contributed by atoms with Gasteiger partial charge in [0.2, 0.25) is 5.91 Å². The van der Waals surface area contributed by atoms with Crippen LogP contribution in [0.1, 0.15) is 17.2 Å². The summed E-state index contributed by atoms with van der Waals surface area (Å²) in [4.78, 5) is 32.9. The number of hydrogen-bond acceptors (Lipinski definition) is 5. The molecule has 1 amide bonds. The second kappa shape index (κ2) is 7.07. The van der Waals surface area contributed by atoms with Crippen LogP contribution < -0.4 is 11.3 Å². The summed E-state index contributed by atoms with van der Waals surface area (Å²) < 4.78 is 3.10. The van der Waals surface area contributed by atoms with Crippen LogP contribution in [-0.2, 0) is 17.8 Å². The summed E-state index contributed by atoms with van der Waals surface area (Å²) in [5.41, 5.74) is 7.65. The fraction of sp³-hybridized carbons (Fsp3) is 0.150. The first-order valence-corrected chi connectivity index (χ1v) is 8.75. The Hall–Kier alpha value is -3.81. The van der Waals surface area contributed by atoms with Gasteiger partial charge in [0.05, 0.1) is 35.9 Å². The van der Waals surface area contributed by atoms with Crippen LogP contribution in [0.5, 0.6) is 0 Å². The normalized spacial score (nSPS) is 11.0. The number of benzene rings is 2. The summed E-state index contributed by atoms with van der Waals surface area (Å²) in [5, 5.41) is 4.94. The molecule has 2 heterocycles. The van der Waals surface area contributed by atoms with Gasteiger partial charge in [-0.15, -0.1) is 0 Å². The van der Waals surface area contributed by atoms with Crippen LogP contribution >= 0.6 is 0 Å². The monoisotopic (exact) mass is 374 g/mol. The molecule has 140 valence electrons. The lowest BCUT2D eigenvalue weighted by Crippen LogP contribution is -2.22. The molecular formula is C20H18N6O2. The predicted octanol–water partition coefficient (Wildman–Crippen LogP) is 1.36. The third-order valence-corrected chi connectivity index (χ3v) is 4.37. The first kappa shape index (κ1) is 17.6. The van der Waals surface area contributed by atoms with Gasteiger partial charge in [-0.25, -0.2) is 14.6 Å². The van der Waals surface area contributed by atoms with Crippen LogP contribution in [0.2, 0.25) is 0 Å². The fourth-order valence-electron chi connectivity index (χ4n) is 2.99. The van der Waals surface area contributed by atoms with Crippen molar-refractivity contribution < 1.29 is 4.79 Å². The number of aromatic nitrogens is 5. The van der Waals surface area contributed by atoms with Crippen molar-refractivity contribution >= 4 is 16.8 Å². The topological polar surface area (TPSA) is 109 Å². The summed E-state index contributed by atoms with van der Waals surface area (Å²) in [5.74, 6) is 0.307. The van der Waals surface area contributed by atoms with E-state index in [0.717, 1.165) is 11.3 Å². The number of para-hydroxylation sites is 1. The molecule has 2 N–H and O–H groups in total. The Labute approximate surface area is 160 Å². The molecule has 4 rings (SSSR count). The van der Waals surface area contributed by atoms with E-state index < -0.39 is 5.91 Å². The minimum Gasteiger partial charge on any atom is -0.369 e. The Kier molecular flexibility index (Phi) is 4.44. The molecule has 2 aromatic heterocycles. The van der Waals surface area contributed by atoms with Crippen molar-refractivity contribution in [2.45, 2.75) is 19.9 Å². The number of carbonyl (C=O) groups excluding carboxylic acids is 1. The van der Waals surface area contributed by atoms with E-state index in [1.54, 1.807) is 22.9 Å². The van der Waals surface area contributed by atoms with Crippen molar-refractivity contribution in [3.05, 3.63) is 82.4 Å². The highest BCUT2D eigenvalue weighted by Crippen LogP contribution is 2.13. The molecule has 0 spiro atoms. The van der Waals surface area contributed by atoms with Gasteiger partial charge in [0.15, 0.2) is 11.6 Å². The number of nitrogens with zero attached hydrogens (tertiary/aromatic N) is 5. The van der Waals surface area contributed by atoms with Crippen LogP contribution in [0, 0.1) is 6.92 Å². The molecule has 0 aliphatic carbocycles. The lowest BCUT2D eigenvalue weighted by Gasteiger charge is -2.08. The zero-order valence-corrected chi connectivity index (χ0v) is 15.2. The number of aryl methyl sites for hydroxylation is 1. The second-order valence-corrected chi connectivity index (χ2v) is 6.53. The first-order valence-electron chi connectivity index (χ1n) is 8.75. The highest BCUT2D eigenvalue weighted by molar-refractivity contribution is 5.77. The van der Waals surface area contributed by atoms with Crippen LogP contribution in [-0.4, -0.2) is 30.2 Å². The van der Waals surface area contributed by atoms with Gasteiger partial charge in [-0.3, -0.25) is 14.2 Å². The van der Waals surface area contributed by atoms with E-state index in [-0.39, 0.29) is 18.5 Å². The molecular weight excluding hydrogens is 356 g/mol. The molecule has 0 saturated carbocycles.